The fourth-order valence-corrected chi connectivity index (χ4v) is 5.80. The van der Waals surface area contributed by atoms with E-state index in [2.05, 4.69) is 33.9 Å². The lowest BCUT2D eigenvalue weighted by Crippen LogP contribution is -2.51. The second-order valence-corrected chi connectivity index (χ2v) is 12.8. The van der Waals surface area contributed by atoms with E-state index in [1.54, 1.807) is 11.3 Å². The van der Waals surface area contributed by atoms with Crippen molar-refractivity contribution in [3.63, 3.8) is 0 Å². The summed E-state index contributed by atoms with van der Waals surface area (Å²) in [5.41, 5.74) is 1.69. The van der Waals surface area contributed by atoms with Crippen molar-refractivity contribution in [3.05, 3.63) is 17.1 Å². The first-order chi connectivity index (χ1) is 20.1. The van der Waals surface area contributed by atoms with Gasteiger partial charge in [0.25, 0.3) is 0 Å². The summed E-state index contributed by atoms with van der Waals surface area (Å²) >= 11 is 1.69. The first-order valence-corrected chi connectivity index (χ1v) is 17.6. The number of alkyl carbamates (subject to hydrolysis) is 1. The fourth-order valence-electron chi connectivity index (χ4n) is 5.17. The van der Waals surface area contributed by atoms with Crippen molar-refractivity contribution in [2.75, 3.05) is 33.0 Å². The van der Waals surface area contributed by atoms with Gasteiger partial charge in [0.2, 0.25) is 5.51 Å². The third-order valence-electron chi connectivity index (χ3n) is 7.99. The number of ether oxygens (including phenoxy) is 3. The molecule has 8 heteroatoms. The number of aryl methyl sites for hydroxylation is 1. The number of nitrogens with zero attached hydrogens (tertiary/aromatic N) is 1. The molecule has 0 aromatic carbocycles. The molecule has 1 aromatic rings. The van der Waals surface area contributed by atoms with Gasteiger partial charge in [-0.15, -0.1) is 0 Å². The van der Waals surface area contributed by atoms with Crippen LogP contribution < -0.4 is 9.88 Å². The van der Waals surface area contributed by atoms with Crippen molar-refractivity contribution in [2.45, 2.75) is 142 Å². The van der Waals surface area contributed by atoms with Crippen LogP contribution in [0.2, 0.25) is 0 Å². The predicted molar refractivity (Wildman–Crippen MR) is 166 cm³/mol. The first kappa shape index (κ1) is 35.5. The minimum absolute atomic E-state index is 0.188. The van der Waals surface area contributed by atoms with Gasteiger partial charge in [0.05, 0.1) is 24.0 Å². The van der Waals surface area contributed by atoms with Gasteiger partial charge in [0, 0.05) is 19.4 Å². The van der Waals surface area contributed by atoms with E-state index in [1.807, 2.05) is 0 Å². The molecule has 0 saturated carbocycles. The van der Waals surface area contributed by atoms with Crippen LogP contribution in [0.3, 0.4) is 0 Å². The molecule has 236 valence electrons. The minimum atomic E-state index is -0.406. The van der Waals surface area contributed by atoms with Gasteiger partial charge in [-0.1, -0.05) is 115 Å². The fraction of sp³-hybridized carbons (Fsp3) is 0.848. The highest BCUT2D eigenvalue weighted by Gasteiger charge is 2.41. The predicted octanol–water partition coefficient (Wildman–Crippen LogP) is 8.14. The first-order valence-electron chi connectivity index (χ1n) is 16.7. The van der Waals surface area contributed by atoms with E-state index in [9.17, 15) is 9.59 Å². The molecule has 41 heavy (non-hydrogen) atoms. The van der Waals surface area contributed by atoms with E-state index < -0.39 is 11.5 Å². The van der Waals surface area contributed by atoms with Crippen LogP contribution in [0.5, 0.6) is 0 Å². The van der Waals surface area contributed by atoms with Gasteiger partial charge in [0.1, 0.15) is 19.8 Å². The lowest BCUT2D eigenvalue weighted by Gasteiger charge is -2.39. The van der Waals surface area contributed by atoms with E-state index in [0.29, 0.717) is 26.2 Å². The molecule has 1 aromatic heterocycles. The van der Waals surface area contributed by atoms with Crippen molar-refractivity contribution in [1.82, 2.24) is 5.32 Å². The third kappa shape index (κ3) is 18.5. The van der Waals surface area contributed by atoms with Gasteiger partial charge in [-0.25, -0.2) is 4.79 Å². The summed E-state index contributed by atoms with van der Waals surface area (Å²) in [6, 6.07) is 0. The van der Waals surface area contributed by atoms with E-state index >= 15 is 0 Å². The van der Waals surface area contributed by atoms with Crippen LogP contribution in [-0.2, 0) is 25.5 Å². The number of unbranched alkanes of at least 4 members (excludes halogenated alkanes) is 17. The van der Waals surface area contributed by atoms with Crippen molar-refractivity contribution >= 4 is 23.4 Å². The van der Waals surface area contributed by atoms with Crippen molar-refractivity contribution in [1.29, 1.82) is 0 Å². The van der Waals surface area contributed by atoms with Crippen LogP contribution in [0.4, 0.5) is 4.79 Å². The number of rotatable bonds is 27. The maximum absolute atomic E-state index is 12.2. The normalized spacial score (nSPS) is 14.0. The lowest BCUT2D eigenvalue weighted by molar-refractivity contribution is -0.692. The lowest BCUT2D eigenvalue weighted by atomic mass is 9.88. The van der Waals surface area contributed by atoms with Crippen LogP contribution >= 0.6 is 11.3 Å². The van der Waals surface area contributed by atoms with Crippen LogP contribution in [-0.4, -0.2) is 45.0 Å². The van der Waals surface area contributed by atoms with Crippen LogP contribution in [0.1, 0.15) is 135 Å². The number of carbonyl (C=O) groups excluding carboxylic acids is 2. The van der Waals surface area contributed by atoms with Crippen LogP contribution in [0, 0.1) is 5.41 Å². The number of nitrogens with one attached hydrogen (secondary N) is 1. The van der Waals surface area contributed by atoms with Gasteiger partial charge in [-0.2, -0.15) is 4.57 Å². The Kier molecular flexibility index (Phi) is 20.7. The zero-order valence-corrected chi connectivity index (χ0v) is 26.8. The van der Waals surface area contributed by atoms with E-state index in [-0.39, 0.29) is 19.2 Å². The zero-order chi connectivity index (χ0) is 29.3. The Balaban J connectivity index is 1.35. The zero-order valence-electron chi connectivity index (χ0n) is 26.0. The Labute approximate surface area is 254 Å². The summed E-state index contributed by atoms with van der Waals surface area (Å²) in [6.07, 6.45) is 26.3. The number of esters is 1. The van der Waals surface area contributed by atoms with E-state index in [1.165, 1.54) is 89.9 Å². The molecular formula is C33H59N2O5S+. The molecule has 1 amide bonds. The molecule has 2 rings (SSSR count). The molecule has 0 spiro atoms. The number of hydrogen-bond acceptors (Lipinski definition) is 6. The monoisotopic (exact) mass is 595 g/mol. The molecule has 0 bridgehead atoms. The second-order valence-electron chi connectivity index (χ2n) is 12.0. The van der Waals surface area contributed by atoms with Crippen molar-refractivity contribution in [3.8, 4) is 0 Å². The molecule has 1 fully saturated rings. The molecule has 0 unspecified atom stereocenters. The summed E-state index contributed by atoms with van der Waals surface area (Å²) in [5.74, 6) is -0.188. The van der Waals surface area contributed by atoms with E-state index in [0.717, 1.165) is 38.6 Å². The van der Waals surface area contributed by atoms with Gasteiger partial charge in [-0.05, 0) is 19.3 Å². The highest BCUT2D eigenvalue weighted by molar-refractivity contribution is 7.07. The molecule has 1 aliphatic rings. The Morgan fingerprint density at radius 1 is 0.780 bits per heavy atom. The Morgan fingerprint density at radius 2 is 1.34 bits per heavy atom. The highest BCUT2D eigenvalue weighted by Crippen LogP contribution is 2.28. The number of hydrogen-bond donors (Lipinski definition) is 1. The Hall–Kier alpha value is -1.67. The number of amides is 1. The van der Waals surface area contributed by atoms with Crippen molar-refractivity contribution < 1.29 is 28.4 Å². The molecule has 0 atom stereocenters. The molecule has 1 saturated heterocycles. The maximum atomic E-state index is 12.2. The van der Waals surface area contributed by atoms with Gasteiger partial charge in [-0.3, -0.25) is 4.79 Å². The smallest absolute Gasteiger partial charge is 0.407 e. The average molecular weight is 596 g/mol. The Bertz CT molecular complexity index is 770. The summed E-state index contributed by atoms with van der Waals surface area (Å²) < 4.78 is 18.4. The quantitative estimate of drug-likeness (QED) is 0.0631. The molecule has 0 aliphatic carbocycles. The van der Waals surface area contributed by atoms with Gasteiger partial charge < -0.3 is 19.5 Å². The molecule has 1 N–H and O–H groups in total. The number of carbonyl (C=O) groups is 2. The van der Waals surface area contributed by atoms with Crippen LogP contribution in [0.25, 0.3) is 0 Å². The maximum Gasteiger partial charge on any atom is 0.407 e. The summed E-state index contributed by atoms with van der Waals surface area (Å²) in [4.78, 5) is 24.3. The highest BCUT2D eigenvalue weighted by atomic mass is 32.1. The van der Waals surface area contributed by atoms with E-state index in [4.69, 9.17) is 14.2 Å². The summed E-state index contributed by atoms with van der Waals surface area (Å²) in [5, 5.41) is 4.92. The summed E-state index contributed by atoms with van der Waals surface area (Å²) in [6.45, 7) is 5.25. The summed E-state index contributed by atoms with van der Waals surface area (Å²) in [7, 11) is 0. The average Bonchev–Trinajstić information content (AvgIpc) is 3.47. The molecular weight excluding hydrogens is 536 g/mol. The standard InChI is InChI=1S/C33H58N2O5S/c1-2-3-4-5-6-7-8-9-10-11-12-13-14-15-16-19-22-34-32(37)40-29-33(26-38-27-33)28-39-31(36)21-18-17-20-23-35-24-25-41-30-35/h24-25,30H,2-23,26-29H2,1H3/p+1. The Morgan fingerprint density at radius 3 is 1.88 bits per heavy atom. The third-order valence-corrected chi connectivity index (χ3v) is 8.66. The molecule has 0 radical (unpaired) electrons. The van der Waals surface area contributed by atoms with Gasteiger partial charge in [0.15, 0.2) is 6.20 Å². The molecule has 1 aliphatic heterocycles. The number of thiazole rings is 1. The van der Waals surface area contributed by atoms with Crippen LogP contribution in [0.15, 0.2) is 17.1 Å². The molecule has 7 nitrogen and oxygen atoms in total. The molecule has 2 heterocycles. The van der Waals surface area contributed by atoms with Crippen molar-refractivity contribution in [2.24, 2.45) is 5.41 Å². The topological polar surface area (TPSA) is 77.7 Å². The van der Waals surface area contributed by atoms with Gasteiger partial charge >= 0.3 is 12.1 Å². The second kappa shape index (κ2) is 23.8. The minimum Gasteiger partial charge on any atom is -0.465 e. The number of aromatic nitrogens is 1. The largest absolute Gasteiger partial charge is 0.465 e. The SMILES string of the molecule is CCCCCCCCCCCCCCCCCCNC(=O)OCC1(COC(=O)CCCCC[n+]2ccsc2)COC1.